The van der Waals surface area contributed by atoms with Gasteiger partial charge < -0.3 is 10.8 Å². The Kier molecular flexibility index (Phi) is 3.54. The van der Waals surface area contributed by atoms with Gasteiger partial charge >= 0.3 is 0 Å². The van der Waals surface area contributed by atoms with Gasteiger partial charge in [-0.15, -0.1) is 0 Å². The van der Waals surface area contributed by atoms with E-state index in [0.717, 1.165) is 6.26 Å². The summed E-state index contributed by atoms with van der Waals surface area (Å²) in [6, 6.07) is 2.51. The van der Waals surface area contributed by atoms with Gasteiger partial charge in [-0.3, -0.25) is 0 Å². The van der Waals surface area contributed by atoms with Crippen molar-refractivity contribution in [3.63, 3.8) is 0 Å². The van der Waals surface area contributed by atoms with E-state index >= 15 is 0 Å². The van der Waals surface area contributed by atoms with Crippen LogP contribution in [-0.4, -0.2) is 26.3 Å². The summed E-state index contributed by atoms with van der Waals surface area (Å²) < 4.78 is 36.5. The van der Waals surface area contributed by atoms with E-state index in [-0.39, 0.29) is 18.0 Å². The molecule has 1 unspecified atom stereocenters. The van der Waals surface area contributed by atoms with Crippen LogP contribution < -0.4 is 5.73 Å². The predicted molar refractivity (Wildman–Crippen MR) is 58.6 cm³/mol. The second kappa shape index (κ2) is 4.39. The van der Waals surface area contributed by atoms with E-state index in [1.165, 1.54) is 12.1 Å². The molecule has 3 N–H and O–H groups in total. The Bertz CT molecular complexity index is 499. The summed E-state index contributed by atoms with van der Waals surface area (Å²) >= 11 is 0. The van der Waals surface area contributed by atoms with E-state index < -0.39 is 26.3 Å². The molecule has 4 nitrogen and oxygen atoms in total. The fourth-order valence-corrected chi connectivity index (χ4v) is 2.31. The molecule has 16 heavy (non-hydrogen) atoms. The number of rotatable bonds is 3. The number of sulfone groups is 1. The molecule has 90 valence electrons. The monoisotopic (exact) mass is 247 g/mol. The van der Waals surface area contributed by atoms with Crippen molar-refractivity contribution in [2.45, 2.75) is 17.7 Å². The first-order valence-corrected chi connectivity index (χ1v) is 6.59. The average Bonchev–Trinajstić information content (AvgIpc) is 2.14. The minimum Gasteiger partial charge on any atom is -0.506 e. The highest BCUT2D eigenvalue weighted by Crippen LogP contribution is 2.30. The number of phenols is 1. The highest BCUT2D eigenvalue weighted by molar-refractivity contribution is 7.90. The van der Waals surface area contributed by atoms with Gasteiger partial charge in [0.1, 0.15) is 16.5 Å². The van der Waals surface area contributed by atoms with E-state index in [1.54, 1.807) is 6.92 Å². The van der Waals surface area contributed by atoms with Crippen molar-refractivity contribution in [3.8, 4) is 5.75 Å². The number of halogens is 1. The van der Waals surface area contributed by atoms with E-state index in [0.29, 0.717) is 0 Å². The van der Waals surface area contributed by atoms with Gasteiger partial charge in [-0.25, -0.2) is 12.8 Å². The minimum atomic E-state index is -3.79. The molecule has 0 aliphatic rings. The van der Waals surface area contributed by atoms with E-state index in [1.807, 2.05) is 0 Å². The number of benzene rings is 1. The van der Waals surface area contributed by atoms with Gasteiger partial charge in [0.15, 0.2) is 9.84 Å². The summed E-state index contributed by atoms with van der Waals surface area (Å²) in [5.41, 5.74) is 5.59. The lowest BCUT2D eigenvalue weighted by Crippen LogP contribution is -2.12. The molecule has 0 radical (unpaired) electrons. The van der Waals surface area contributed by atoms with Crippen LogP contribution in [0, 0.1) is 5.82 Å². The molecule has 1 aromatic rings. The van der Waals surface area contributed by atoms with Crippen molar-refractivity contribution in [3.05, 3.63) is 23.5 Å². The summed E-state index contributed by atoms with van der Waals surface area (Å²) in [5.74, 6) is -1.80. The van der Waals surface area contributed by atoms with Gasteiger partial charge in [0.2, 0.25) is 0 Å². The van der Waals surface area contributed by atoms with Crippen LogP contribution in [0.1, 0.15) is 18.4 Å². The molecule has 0 aromatic heterocycles. The molecule has 0 aliphatic carbocycles. The number of phenolic OH excluding ortho intramolecular Hbond substituents is 1. The normalized spacial score (nSPS) is 13.8. The summed E-state index contributed by atoms with van der Waals surface area (Å²) in [5, 5.41) is 9.36. The van der Waals surface area contributed by atoms with Crippen molar-refractivity contribution < 1.29 is 17.9 Å². The minimum absolute atomic E-state index is 0.195. The summed E-state index contributed by atoms with van der Waals surface area (Å²) in [6.07, 6.45) is 0.849. The Morgan fingerprint density at radius 2 is 2.06 bits per heavy atom. The maximum atomic E-state index is 13.9. The first-order valence-electron chi connectivity index (χ1n) is 4.70. The SMILES string of the molecule is CC(CN)c1ccc(O)c(S(C)(=O)=O)c1F. The lowest BCUT2D eigenvalue weighted by Gasteiger charge is -2.13. The molecule has 0 spiro atoms. The third-order valence-electron chi connectivity index (χ3n) is 2.36. The molecule has 6 heteroatoms. The maximum Gasteiger partial charge on any atom is 0.182 e. The fourth-order valence-electron chi connectivity index (χ4n) is 1.42. The molecule has 0 amide bonds. The zero-order valence-electron chi connectivity index (χ0n) is 9.07. The highest BCUT2D eigenvalue weighted by Gasteiger charge is 2.23. The van der Waals surface area contributed by atoms with Crippen molar-refractivity contribution >= 4 is 9.84 Å². The zero-order valence-corrected chi connectivity index (χ0v) is 9.88. The highest BCUT2D eigenvalue weighted by atomic mass is 32.2. The number of hydrogen-bond donors (Lipinski definition) is 2. The smallest absolute Gasteiger partial charge is 0.182 e. The van der Waals surface area contributed by atoms with Gasteiger partial charge in [0.25, 0.3) is 0 Å². The Balaban J connectivity index is 3.51. The van der Waals surface area contributed by atoms with Crippen LogP contribution in [0.15, 0.2) is 17.0 Å². The maximum absolute atomic E-state index is 13.9. The third-order valence-corrected chi connectivity index (χ3v) is 3.49. The van der Waals surface area contributed by atoms with Crippen molar-refractivity contribution in [2.75, 3.05) is 12.8 Å². The van der Waals surface area contributed by atoms with Crippen LogP contribution in [0.3, 0.4) is 0 Å². The van der Waals surface area contributed by atoms with E-state index in [4.69, 9.17) is 5.73 Å². The molecular formula is C10H14FNO3S. The third kappa shape index (κ3) is 2.33. The van der Waals surface area contributed by atoms with Crippen LogP contribution in [0.4, 0.5) is 4.39 Å². The molecule has 0 saturated carbocycles. The van der Waals surface area contributed by atoms with Gasteiger partial charge in [-0.05, 0) is 24.1 Å². The van der Waals surface area contributed by atoms with Gasteiger partial charge in [0, 0.05) is 6.26 Å². The summed E-state index contributed by atoms with van der Waals surface area (Å²) in [4.78, 5) is -0.662. The van der Waals surface area contributed by atoms with Crippen LogP contribution in [0.2, 0.25) is 0 Å². The topological polar surface area (TPSA) is 80.4 Å². The average molecular weight is 247 g/mol. The van der Waals surface area contributed by atoms with Crippen LogP contribution >= 0.6 is 0 Å². The van der Waals surface area contributed by atoms with Crippen LogP contribution in [0.5, 0.6) is 5.75 Å². The van der Waals surface area contributed by atoms with Crippen molar-refractivity contribution in [1.82, 2.24) is 0 Å². The Morgan fingerprint density at radius 1 is 1.50 bits per heavy atom. The Labute approximate surface area is 93.8 Å². The zero-order chi connectivity index (χ0) is 12.5. The Morgan fingerprint density at radius 3 is 2.50 bits per heavy atom. The Hall–Kier alpha value is -1.14. The quantitative estimate of drug-likeness (QED) is 0.835. The fraction of sp³-hybridized carbons (Fsp3) is 0.400. The van der Waals surface area contributed by atoms with Crippen LogP contribution in [-0.2, 0) is 9.84 Å². The number of aromatic hydroxyl groups is 1. The van der Waals surface area contributed by atoms with E-state index in [9.17, 15) is 17.9 Å². The largest absolute Gasteiger partial charge is 0.506 e. The standard InChI is InChI=1S/C10H14FNO3S/c1-6(5-12)7-3-4-8(13)10(9(7)11)16(2,14)15/h3-4,6,13H,5,12H2,1-2H3. The molecule has 0 saturated heterocycles. The van der Waals surface area contributed by atoms with Gasteiger partial charge in [-0.2, -0.15) is 0 Å². The number of nitrogens with two attached hydrogens (primary N) is 1. The van der Waals surface area contributed by atoms with Crippen molar-refractivity contribution in [2.24, 2.45) is 5.73 Å². The molecule has 0 fully saturated rings. The predicted octanol–water partition coefficient (Wildman–Crippen LogP) is 0.997. The molecule has 1 rings (SSSR count). The lowest BCUT2D eigenvalue weighted by atomic mass is 10.0. The molecule has 0 bridgehead atoms. The van der Waals surface area contributed by atoms with Crippen molar-refractivity contribution in [1.29, 1.82) is 0 Å². The van der Waals surface area contributed by atoms with Crippen LogP contribution in [0.25, 0.3) is 0 Å². The second-order valence-corrected chi connectivity index (χ2v) is 5.68. The number of hydrogen-bond acceptors (Lipinski definition) is 4. The summed E-state index contributed by atoms with van der Waals surface area (Å²) in [6.45, 7) is 1.88. The first-order chi connectivity index (χ1) is 7.29. The first kappa shape index (κ1) is 12.9. The van der Waals surface area contributed by atoms with E-state index in [2.05, 4.69) is 0 Å². The molecule has 0 heterocycles. The molecule has 1 atom stereocenters. The molecule has 0 aliphatic heterocycles. The second-order valence-electron chi connectivity index (χ2n) is 3.73. The molecular weight excluding hydrogens is 233 g/mol. The lowest BCUT2D eigenvalue weighted by molar-refractivity contribution is 0.441. The van der Waals surface area contributed by atoms with Gasteiger partial charge in [0.05, 0.1) is 0 Å². The van der Waals surface area contributed by atoms with Gasteiger partial charge in [-0.1, -0.05) is 13.0 Å². The summed E-state index contributed by atoms with van der Waals surface area (Å²) in [7, 11) is -3.79. The molecule has 1 aromatic carbocycles.